The first-order valence-electron chi connectivity index (χ1n) is 2.67. The van der Waals surface area contributed by atoms with Crippen LogP contribution in [-0.2, 0) is 0 Å². The molecular formula is C7H12. The molecule has 0 fully saturated rings. The van der Waals surface area contributed by atoms with Crippen LogP contribution >= 0.6 is 0 Å². The second kappa shape index (κ2) is 5.48. The molecular weight excluding hydrogens is 84.1 g/mol. The van der Waals surface area contributed by atoms with E-state index in [0.29, 0.717) is 0 Å². The van der Waals surface area contributed by atoms with E-state index in [1.54, 1.807) is 0 Å². The van der Waals surface area contributed by atoms with Crippen LogP contribution in [0.3, 0.4) is 0 Å². The summed E-state index contributed by atoms with van der Waals surface area (Å²) in [5.41, 5.74) is 0. The summed E-state index contributed by atoms with van der Waals surface area (Å²) in [4.78, 5) is 0. The molecule has 0 amide bonds. The number of hydrogen-bond acceptors (Lipinski definition) is 0. The molecule has 40 valence electrons. The summed E-state index contributed by atoms with van der Waals surface area (Å²) in [6, 6.07) is 0. The highest BCUT2D eigenvalue weighted by molar-refractivity contribution is 4.87. The third kappa shape index (κ3) is 5.48. The van der Waals surface area contributed by atoms with E-state index in [2.05, 4.69) is 25.7 Å². The number of hydrogen-bond donors (Lipinski definition) is 0. The molecule has 0 aromatic rings. The van der Waals surface area contributed by atoms with Crippen LogP contribution in [0.15, 0.2) is 24.8 Å². The Hall–Kier alpha value is -0.520. The van der Waals surface area contributed by atoms with Crippen molar-refractivity contribution in [1.29, 1.82) is 0 Å². The Kier molecular flexibility index (Phi) is 5.07. The van der Waals surface area contributed by atoms with Crippen LogP contribution in [0.25, 0.3) is 0 Å². The van der Waals surface area contributed by atoms with Gasteiger partial charge in [-0.3, -0.25) is 0 Å². The van der Waals surface area contributed by atoms with E-state index >= 15 is 0 Å². The number of allylic oxidation sites excluding steroid dienone is 3. The fourth-order valence-corrected chi connectivity index (χ4v) is 0.359. The predicted octanol–water partition coefficient (Wildman–Crippen LogP) is 2.53. The molecule has 0 nitrogen and oxygen atoms in total. The Morgan fingerprint density at radius 3 is 2.57 bits per heavy atom. The average Bonchev–Trinajstić information content (AvgIpc) is 1.69. The lowest BCUT2D eigenvalue weighted by atomic mass is 10.3. The SMILES string of the molecule is C=CC/C=C/CC. The van der Waals surface area contributed by atoms with Gasteiger partial charge in [0, 0.05) is 0 Å². The molecule has 0 heteroatoms. The normalized spacial score (nSPS) is 9.86. The minimum Gasteiger partial charge on any atom is -0.103 e. The van der Waals surface area contributed by atoms with E-state index in [-0.39, 0.29) is 0 Å². The van der Waals surface area contributed by atoms with Crippen LogP contribution in [-0.4, -0.2) is 0 Å². The molecule has 0 radical (unpaired) electrons. The van der Waals surface area contributed by atoms with Crippen molar-refractivity contribution >= 4 is 0 Å². The molecule has 0 N–H and O–H groups in total. The van der Waals surface area contributed by atoms with Gasteiger partial charge in [-0.15, -0.1) is 6.58 Å². The van der Waals surface area contributed by atoms with E-state index in [1.165, 1.54) is 0 Å². The molecule has 0 aromatic heterocycles. The van der Waals surface area contributed by atoms with Gasteiger partial charge in [-0.2, -0.15) is 0 Å². The monoisotopic (exact) mass is 96.1 g/mol. The Morgan fingerprint density at radius 1 is 1.43 bits per heavy atom. The summed E-state index contributed by atoms with van der Waals surface area (Å²) in [7, 11) is 0. The van der Waals surface area contributed by atoms with Crippen LogP contribution in [0.5, 0.6) is 0 Å². The fraction of sp³-hybridized carbons (Fsp3) is 0.429. The van der Waals surface area contributed by atoms with Gasteiger partial charge in [-0.1, -0.05) is 25.2 Å². The lowest BCUT2D eigenvalue weighted by Gasteiger charge is -1.75. The van der Waals surface area contributed by atoms with Crippen LogP contribution in [0, 0.1) is 0 Å². The third-order valence-corrected chi connectivity index (χ3v) is 0.705. The van der Waals surface area contributed by atoms with Crippen LogP contribution in [0.4, 0.5) is 0 Å². The second-order valence-corrected chi connectivity index (χ2v) is 1.40. The van der Waals surface area contributed by atoms with Crippen molar-refractivity contribution in [1.82, 2.24) is 0 Å². The van der Waals surface area contributed by atoms with Crippen molar-refractivity contribution in [2.75, 3.05) is 0 Å². The molecule has 7 heavy (non-hydrogen) atoms. The molecule has 0 aliphatic carbocycles. The van der Waals surface area contributed by atoms with Crippen molar-refractivity contribution in [3.63, 3.8) is 0 Å². The summed E-state index contributed by atoms with van der Waals surface area (Å²) >= 11 is 0. The van der Waals surface area contributed by atoms with Gasteiger partial charge in [0.1, 0.15) is 0 Å². The van der Waals surface area contributed by atoms with Gasteiger partial charge in [0.05, 0.1) is 0 Å². The Labute approximate surface area is 45.5 Å². The summed E-state index contributed by atoms with van der Waals surface area (Å²) in [6.07, 6.45) is 8.29. The zero-order valence-electron chi connectivity index (χ0n) is 4.85. The Balaban J connectivity index is 2.92. The van der Waals surface area contributed by atoms with Crippen molar-refractivity contribution in [3.8, 4) is 0 Å². The first-order chi connectivity index (χ1) is 3.41. The molecule has 0 bridgehead atoms. The lowest BCUT2D eigenvalue weighted by Crippen LogP contribution is -1.53. The van der Waals surface area contributed by atoms with Crippen LogP contribution < -0.4 is 0 Å². The van der Waals surface area contributed by atoms with Crippen molar-refractivity contribution in [3.05, 3.63) is 24.8 Å². The topological polar surface area (TPSA) is 0 Å². The molecule has 0 saturated carbocycles. The molecule has 0 heterocycles. The third-order valence-electron chi connectivity index (χ3n) is 0.705. The van der Waals surface area contributed by atoms with Gasteiger partial charge < -0.3 is 0 Å². The van der Waals surface area contributed by atoms with E-state index in [0.717, 1.165) is 12.8 Å². The maximum Gasteiger partial charge on any atom is -0.0172 e. The van der Waals surface area contributed by atoms with Gasteiger partial charge in [-0.25, -0.2) is 0 Å². The molecule has 0 spiro atoms. The highest BCUT2D eigenvalue weighted by Gasteiger charge is 1.63. The highest BCUT2D eigenvalue weighted by Crippen LogP contribution is 1.84. The minimum absolute atomic E-state index is 1.01. The minimum atomic E-state index is 1.01. The highest BCUT2D eigenvalue weighted by atomic mass is 13.7. The maximum atomic E-state index is 3.58. The van der Waals surface area contributed by atoms with E-state index in [9.17, 15) is 0 Å². The molecule has 0 aliphatic rings. The molecule has 0 aliphatic heterocycles. The van der Waals surface area contributed by atoms with Crippen molar-refractivity contribution in [2.45, 2.75) is 19.8 Å². The van der Waals surface area contributed by atoms with E-state index in [1.807, 2.05) is 6.08 Å². The molecule has 0 atom stereocenters. The summed E-state index contributed by atoms with van der Waals surface area (Å²) in [5.74, 6) is 0. The molecule has 0 saturated heterocycles. The smallest absolute Gasteiger partial charge is 0.0172 e. The molecule has 0 unspecified atom stereocenters. The quantitative estimate of drug-likeness (QED) is 0.473. The summed E-state index contributed by atoms with van der Waals surface area (Å²) in [5, 5.41) is 0. The first-order valence-corrected chi connectivity index (χ1v) is 2.67. The first kappa shape index (κ1) is 6.48. The van der Waals surface area contributed by atoms with Crippen molar-refractivity contribution < 1.29 is 0 Å². The second-order valence-electron chi connectivity index (χ2n) is 1.40. The Morgan fingerprint density at radius 2 is 2.14 bits per heavy atom. The van der Waals surface area contributed by atoms with Crippen molar-refractivity contribution in [2.24, 2.45) is 0 Å². The van der Waals surface area contributed by atoms with Crippen LogP contribution in [0.2, 0.25) is 0 Å². The zero-order valence-corrected chi connectivity index (χ0v) is 4.85. The van der Waals surface area contributed by atoms with Gasteiger partial charge in [0.2, 0.25) is 0 Å². The maximum absolute atomic E-state index is 3.58. The predicted molar refractivity (Wildman–Crippen MR) is 34.2 cm³/mol. The molecule has 0 aromatic carbocycles. The van der Waals surface area contributed by atoms with Crippen LogP contribution in [0.1, 0.15) is 19.8 Å². The average molecular weight is 96.2 g/mol. The van der Waals surface area contributed by atoms with Gasteiger partial charge in [0.15, 0.2) is 0 Å². The van der Waals surface area contributed by atoms with E-state index in [4.69, 9.17) is 0 Å². The number of rotatable bonds is 3. The summed E-state index contributed by atoms with van der Waals surface area (Å²) in [6.45, 7) is 5.71. The largest absolute Gasteiger partial charge is 0.103 e. The van der Waals surface area contributed by atoms with Gasteiger partial charge >= 0.3 is 0 Å². The lowest BCUT2D eigenvalue weighted by molar-refractivity contribution is 1.20. The summed E-state index contributed by atoms with van der Waals surface area (Å²) < 4.78 is 0. The zero-order chi connectivity index (χ0) is 5.54. The fourth-order valence-electron chi connectivity index (χ4n) is 0.359. The van der Waals surface area contributed by atoms with Gasteiger partial charge in [0.25, 0.3) is 0 Å². The van der Waals surface area contributed by atoms with Gasteiger partial charge in [-0.05, 0) is 12.8 Å². The molecule has 0 rings (SSSR count). The van der Waals surface area contributed by atoms with E-state index < -0.39 is 0 Å². The Bertz CT molecular complexity index is 60.4. The standard InChI is InChI=1S/C7H12/c1-3-5-7-6-4-2/h3,6-7H,1,4-5H2,2H3/b7-6+.